The van der Waals surface area contributed by atoms with Gasteiger partial charge in [0.05, 0.1) is 5.39 Å². The molecular weight excluding hydrogens is 229 g/mol. The SMILES string of the molecule is NC(=S)Nc1ccc2c(F)c[nH]c(=O)c2c1. The molecule has 0 spiro atoms. The van der Waals surface area contributed by atoms with Crippen molar-refractivity contribution < 1.29 is 4.39 Å². The van der Waals surface area contributed by atoms with Crippen LogP contribution in [0, 0.1) is 5.82 Å². The number of fused-ring (bicyclic) bond motifs is 1. The van der Waals surface area contributed by atoms with Gasteiger partial charge in [0.25, 0.3) is 5.56 Å². The number of aromatic nitrogens is 1. The first-order valence-corrected chi connectivity index (χ1v) is 4.86. The molecule has 0 amide bonds. The van der Waals surface area contributed by atoms with Crippen molar-refractivity contribution in [1.82, 2.24) is 4.98 Å². The molecule has 0 fully saturated rings. The highest BCUT2D eigenvalue weighted by Crippen LogP contribution is 2.17. The summed E-state index contributed by atoms with van der Waals surface area (Å²) in [7, 11) is 0. The summed E-state index contributed by atoms with van der Waals surface area (Å²) < 4.78 is 13.3. The third-order valence-corrected chi connectivity index (χ3v) is 2.22. The maximum Gasteiger partial charge on any atom is 0.256 e. The fourth-order valence-electron chi connectivity index (χ4n) is 1.44. The van der Waals surface area contributed by atoms with E-state index in [1.54, 1.807) is 6.07 Å². The summed E-state index contributed by atoms with van der Waals surface area (Å²) in [4.78, 5) is 13.8. The van der Waals surface area contributed by atoms with E-state index in [1.165, 1.54) is 12.1 Å². The summed E-state index contributed by atoms with van der Waals surface area (Å²) in [6, 6.07) is 4.60. The lowest BCUT2D eigenvalue weighted by molar-refractivity contribution is 0.633. The number of pyridine rings is 1. The van der Waals surface area contributed by atoms with Crippen LogP contribution in [0.15, 0.2) is 29.2 Å². The quantitative estimate of drug-likeness (QED) is 0.654. The van der Waals surface area contributed by atoms with Crippen molar-refractivity contribution in [2.45, 2.75) is 0 Å². The van der Waals surface area contributed by atoms with Crippen LogP contribution in [0.1, 0.15) is 0 Å². The zero-order valence-electron chi connectivity index (χ0n) is 8.08. The van der Waals surface area contributed by atoms with Crippen LogP contribution >= 0.6 is 12.2 Å². The van der Waals surface area contributed by atoms with E-state index in [2.05, 4.69) is 22.5 Å². The average Bonchev–Trinajstić information content (AvgIpc) is 2.23. The maximum absolute atomic E-state index is 13.3. The number of hydrogen-bond acceptors (Lipinski definition) is 2. The summed E-state index contributed by atoms with van der Waals surface area (Å²) in [5.74, 6) is -0.475. The first kappa shape index (κ1) is 10.6. The minimum absolute atomic E-state index is 0.0900. The Morgan fingerprint density at radius 3 is 2.88 bits per heavy atom. The Hall–Kier alpha value is -1.95. The van der Waals surface area contributed by atoms with Crippen LogP contribution in [0.2, 0.25) is 0 Å². The molecule has 2 aromatic rings. The van der Waals surface area contributed by atoms with E-state index in [4.69, 9.17) is 5.73 Å². The van der Waals surface area contributed by atoms with Gasteiger partial charge in [-0.15, -0.1) is 0 Å². The van der Waals surface area contributed by atoms with Crippen molar-refractivity contribution in [2.75, 3.05) is 5.32 Å². The number of anilines is 1. The molecule has 2 rings (SSSR count). The van der Waals surface area contributed by atoms with E-state index >= 15 is 0 Å². The molecule has 4 nitrogen and oxygen atoms in total. The molecule has 0 atom stereocenters. The standard InChI is InChI=1S/C10H8FN3OS/c11-8-4-13-9(15)7-3-5(14-10(12)16)1-2-6(7)8/h1-4H,(H,13,15)(H3,12,14,16). The Morgan fingerprint density at radius 1 is 1.44 bits per heavy atom. The molecule has 4 N–H and O–H groups in total. The summed E-state index contributed by atoms with van der Waals surface area (Å²) >= 11 is 4.67. The predicted molar refractivity (Wildman–Crippen MR) is 64.9 cm³/mol. The molecule has 1 heterocycles. The number of rotatable bonds is 1. The Labute approximate surface area is 95.3 Å². The second-order valence-electron chi connectivity index (χ2n) is 3.22. The lowest BCUT2D eigenvalue weighted by atomic mass is 10.1. The van der Waals surface area contributed by atoms with Crippen molar-refractivity contribution in [1.29, 1.82) is 0 Å². The lowest BCUT2D eigenvalue weighted by Gasteiger charge is -2.05. The number of halogens is 1. The number of nitrogens with two attached hydrogens (primary N) is 1. The van der Waals surface area contributed by atoms with E-state index < -0.39 is 5.82 Å². The van der Waals surface area contributed by atoms with Crippen LogP contribution in [0.3, 0.4) is 0 Å². The lowest BCUT2D eigenvalue weighted by Crippen LogP contribution is -2.19. The fourth-order valence-corrected chi connectivity index (χ4v) is 1.56. The van der Waals surface area contributed by atoms with Crippen LogP contribution in [0.4, 0.5) is 10.1 Å². The number of nitrogens with one attached hydrogen (secondary N) is 2. The minimum Gasteiger partial charge on any atom is -0.376 e. The molecule has 16 heavy (non-hydrogen) atoms. The van der Waals surface area contributed by atoms with Gasteiger partial charge in [0.15, 0.2) is 5.11 Å². The highest BCUT2D eigenvalue weighted by atomic mass is 32.1. The summed E-state index contributed by atoms with van der Waals surface area (Å²) in [5.41, 5.74) is 5.49. The van der Waals surface area contributed by atoms with Gasteiger partial charge in [0.1, 0.15) is 5.82 Å². The first-order chi connectivity index (χ1) is 7.58. The predicted octanol–water partition coefficient (Wildman–Crippen LogP) is 1.32. The van der Waals surface area contributed by atoms with Gasteiger partial charge in [0, 0.05) is 17.3 Å². The Morgan fingerprint density at radius 2 is 2.19 bits per heavy atom. The number of hydrogen-bond donors (Lipinski definition) is 3. The third kappa shape index (κ3) is 1.87. The van der Waals surface area contributed by atoms with Crippen molar-refractivity contribution in [3.8, 4) is 0 Å². The van der Waals surface area contributed by atoms with Crippen LogP contribution in [0.5, 0.6) is 0 Å². The molecule has 0 unspecified atom stereocenters. The zero-order chi connectivity index (χ0) is 11.7. The first-order valence-electron chi connectivity index (χ1n) is 4.45. The van der Waals surface area contributed by atoms with E-state index in [0.717, 1.165) is 6.20 Å². The normalized spacial score (nSPS) is 10.3. The number of benzene rings is 1. The molecule has 1 aromatic heterocycles. The molecule has 0 saturated carbocycles. The third-order valence-electron chi connectivity index (χ3n) is 2.12. The van der Waals surface area contributed by atoms with E-state index in [9.17, 15) is 9.18 Å². The average molecular weight is 237 g/mol. The van der Waals surface area contributed by atoms with Crippen LogP contribution < -0.4 is 16.6 Å². The van der Waals surface area contributed by atoms with Gasteiger partial charge in [-0.2, -0.15) is 0 Å². The largest absolute Gasteiger partial charge is 0.376 e. The summed E-state index contributed by atoms with van der Waals surface area (Å²) in [6.45, 7) is 0. The molecule has 6 heteroatoms. The maximum atomic E-state index is 13.3. The van der Waals surface area contributed by atoms with Crippen LogP contribution in [0.25, 0.3) is 10.8 Å². The second kappa shape index (κ2) is 3.90. The van der Waals surface area contributed by atoms with Gasteiger partial charge < -0.3 is 16.0 Å². The minimum atomic E-state index is -0.475. The highest BCUT2D eigenvalue weighted by Gasteiger charge is 2.05. The zero-order valence-corrected chi connectivity index (χ0v) is 8.90. The Kier molecular flexibility index (Phi) is 2.57. The molecule has 1 aromatic carbocycles. The second-order valence-corrected chi connectivity index (χ2v) is 3.66. The van der Waals surface area contributed by atoms with Crippen molar-refractivity contribution in [3.63, 3.8) is 0 Å². The van der Waals surface area contributed by atoms with Crippen molar-refractivity contribution in [3.05, 3.63) is 40.6 Å². The smallest absolute Gasteiger partial charge is 0.256 e. The number of aromatic amines is 1. The van der Waals surface area contributed by atoms with E-state index in [1.807, 2.05) is 0 Å². The number of H-pyrrole nitrogens is 1. The Balaban J connectivity index is 2.66. The molecule has 0 aliphatic heterocycles. The fraction of sp³-hybridized carbons (Fsp3) is 0. The molecular formula is C10H8FN3OS. The van der Waals surface area contributed by atoms with Gasteiger partial charge in [-0.25, -0.2) is 4.39 Å². The highest BCUT2D eigenvalue weighted by molar-refractivity contribution is 7.80. The molecule has 0 radical (unpaired) electrons. The van der Waals surface area contributed by atoms with E-state index in [-0.39, 0.29) is 21.4 Å². The van der Waals surface area contributed by atoms with Gasteiger partial charge in [-0.05, 0) is 30.4 Å². The molecule has 0 bridgehead atoms. The van der Waals surface area contributed by atoms with Crippen molar-refractivity contribution in [2.24, 2.45) is 5.73 Å². The Bertz CT molecular complexity index is 623. The molecule has 0 aliphatic carbocycles. The van der Waals surface area contributed by atoms with Crippen molar-refractivity contribution >= 4 is 33.8 Å². The summed E-state index contributed by atoms with van der Waals surface area (Å²) in [6.07, 6.45) is 1.03. The summed E-state index contributed by atoms with van der Waals surface area (Å²) in [5, 5.41) is 3.28. The number of thiocarbonyl (C=S) groups is 1. The van der Waals surface area contributed by atoms with Gasteiger partial charge >= 0.3 is 0 Å². The van der Waals surface area contributed by atoms with Crippen LogP contribution in [-0.4, -0.2) is 10.1 Å². The molecule has 0 saturated heterocycles. The topological polar surface area (TPSA) is 70.9 Å². The molecule has 82 valence electrons. The van der Waals surface area contributed by atoms with Gasteiger partial charge in [-0.1, -0.05) is 0 Å². The van der Waals surface area contributed by atoms with E-state index in [0.29, 0.717) is 5.69 Å². The van der Waals surface area contributed by atoms with Gasteiger partial charge in [0.2, 0.25) is 0 Å². The van der Waals surface area contributed by atoms with Gasteiger partial charge in [-0.3, -0.25) is 4.79 Å². The molecule has 0 aliphatic rings. The monoisotopic (exact) mass is 237 g/mol. The van der Waals surface area contributed by atoms with Crippen LogP contribution in [-0.2, 0) is 0 Å².